The number of benzene rings is 1. The lowest BCUT2D eigenvalue weighted by Crippen LogP contribution is -2.47. The third-order valence-electron chi connectivity index (χ3n) is 3.44. The van der Waals surface area contributed by atoms with E-state index in [0.29, 0.717) is 10.4 Å². The van der Waals surface area contributed by atoms with Gasteiger partial charge in [-0.05, 0) is 12.1 Å². The Hall–Kier alpha value is -1.84. The summed E-state index contributed by atoms with van der Waals surface area (Å²) in [7, 11) is -4.38. The lowest BCUT2D eigenvalue weighted by molar-refractivity contribution is -0.137. The second kappa shape index (κ2) is 7.19. The molecule has 10 heteroatoms. The fourth-order valence-corrected chi connectivity index (χ4v) is 4.20. The Morgan fingerprint density at radius 3 is 2.36 bits per heavy atom. The number of nitrogens with zero attached hydrogens (tertiary/aromatic N) is 1. The van der Waals surface area contributed by atoms with Crippen molar-refractivity contribution in [2.75, 3.05) is 6.54 Å². The van der Waals surface area contributed by atoms with Crippen LogP contribution < -0.4 is 0 Å². The first-order valence-corrected chi connectivity index (χ1v) is 8.81. The van der Waals surface area contributed by atoms with E-state index in [1.165, 1.54) is 24.3 Å². The van der Waals surface area contributed by atoms with Gasteiger partial charge in [0.05, 0.1) is 21.9 Å². The van der Waals surface area contributed by atoms with Crippen molar-refractivity contribution >= 4 is 27.6 Å². The number of alkyl halides is 4. The molecular formula is C15H13ClF3NO4S. The van der Waals surface area contributed by atoms with Gasteiger partial charge in [-0.3, -0.25) is 4.79 Å². The zero-order valence-corrected chi connectivity index (χ0v) is 14.1. The van der Waals surface area contributed by atoms with Crippen molar-refractivity contribution in [3.63, 3.8) is 0 Å². The van der Waals surface area contributed by atoms with Gasteiger partial charge in [0.25, 0.3) is 0 Å². The second-order valence-corrected chi connectivity index (χ2v) is 7.57. The summed E-state index contributed by atoms with van der Waals surface area (Å²) in [6.45, 7) is -1.03. The Morgan fingerprint density at radius 1 is 1.24 bits per heavy atom. The molecule has 1 aromatic rings. The first kappa shape index (κ1) is 19.5. The first-order valence-electron chi connectivity index (χ1n) is 6.93. The van der Waals surface area contributed by atoms with Gasteiger partial charge in [-0.25, -0.2) is 8.42 Å². The summed E-state index contributed by atoms with van der Waals surface area (Å²) in [5.41, 5.74) is -1.09. The van der Waals surface area contributed by atoms with Crippen molar-refractivity contribution in [3.05, 3.63) is 54.1 Å². The van der Waals surface area contributed by atoms with E-state index < -0.39 is 45.7 Å². The van der Waals surface area contributed by atoms with Gasteiger partial charge in [0.1, 0.15) is 6.54 Å². The largest absolute Gasteiger partial charge is 0.480 e. The van der Waals surface area contributed by atoms with Crippen LogP contribution in [0, 0.1) is 0 Å². The quantitative estimate of drug-likeness (QED) is 0.778. The third kappa shape index (κ3) is 4.42. The average molecular weight is 396 g/mol. The molecule has 0 spiro atoms. The van der Waals surface area contributed by atoms with Crippen molar-refractivity contribution in [2.24, 2.45) is 0 Å². The maximum absolute atomic E-state index is 12.9. The molecule has 0 bridgehead atoms. The molecule has 0 amide bonds. The van der Waals surface area contributed by atoms with Gasteiger partial charge in [0.15, 0.2) is 0 Å². The second-order valence-electron chi connectivity index (χ2n) is 5.17. The molecule has 0 aliphatic heterocycles. The normalized spacial score (nSPS) is 21.2. The van der Waals surface area contributed by atoms with Crippen LogP contribution >= 0.6 is 11.6 Å². The average Bonchev–Trinajstić information content (AvgIpc) is 2.53. The van der Waals surface area contributed by atoms with Gasteiger partial charge in [0.2, 0.25) is 10.0 Å². The molecule has 0 saturated heterocycles. The van der Waals surface area contributed by atoms with Gasteiger partial charge in [-0.2, -0.15) is 17.5 Å². The SMILES string of the molecule is O=C(O)CN(C1C=C(C(F)(F)F)C=CC1Cl)S(=O)(=O)c1ccccc1. The Morgan fingerprint density at radius 2 is 1.84 bits per heavy atom. The fourth-order valence-electron chi connectivity index (χ4n) is 2.28. The van der Waals surface area contributed by atoms with Crippen LogP contribution in [-0.2, 0) is 14.8 Å². The van der Waals surface area contributed by atoms with Crippen LogP contribution in [0.15, 0.2) is 59.0 Å². The topological polar surface area (TPSA) is 74.7 Å². The molecule has 0 aromatic heterocycles. The lowest BCUT2D eigenvalue weighted by Gasteiger charge is -2.32. The van der Waals surface area contributed by atoms with Crippen LogP contribution in [-0.4, -0.2) is 47.9 Å². The third-order valence-corrected chi connectivity index (χ3v) is 5.70. The molecule has 1 aromatic carbocycles. The molecule has 2 atom stereocenters. The molecule has 25 heavy (non-hydrogen) atoms. The number of carboxylic acids is 1. The molecule has 0 heterocycles. The summed E-state index contributed by atoms with van der Waals surface area (Å²) in [4.78, 5) is 10.9. The summed E-state index contributed by atoms with van der Waals surface area (Å²) in [6, 6.07) is 5.34. The number of rotatable bonds is 5. The van der Waals surface area contributed by atoms with Gasteiger partial charge < -0.3 is 5.11 Å². The molecule has 5 nitrogen and oxygen atoms in total. The number of aliphatic carboxylic acids is 1. The highest BCUT2D eigenvalue weighted by Gasteiger charge is 2.41. The summed E-state index contributed by atoms with van der Waals surface area (Å²) in [6.07, 6.45) is -2.36. The first-order chi connectivity index (χ1) is 11.5. The lowest BCUT2D eigenvalue weighted by atomic mass is 10.0. The number of hydrogen-bond donors (Lipinski definition) is 1. The van der Waals surface area contributed by atoms with Gasteiger partial charge in [-0.1, -0.05) is 36.4 Å². The number of carboxylic acid groups (broad SMARTS) is 1. The highest BCUT2D eigenvalue weighted by molar-refractivity contribution is 7.89. The van der Waals surface area contributed by atoms with E-state index in [2.05, 4.69) is 0 Å². The number of hydrogen-bond acceptors (Lipinski definition) is 3. The minimum Gasteiger partial charge on any atom is -0.480 e. The van der Waals surface area contributed by atoms with Crippen LogP contribution in [0.1, 0.15) is 0 Å². The molecule has 136 valence electrons. The van der Waals surface area contributed by atoms with Crippen LogP contribution in [0.25, 0.3) is 0 Å². The van der Waals surface area contributed by atoms with E-state index >= 15 is 0 Å². The van der Waals surface area contributed by atoms with Crippen molar-refractivity contribution in [3.8, 4) is 0 Å². The summed E-state index contributed by atoms with van der Waals surface area (Å²) in [5, 5.41) is 7.88. The Bertz CT molecular complexity index is 806. The summed E-state index contributed by atoms with van der Waals surface area (Å²) >= 11 is 5.97. The van der Waals surface area contributed by atoms with Crippen molar-refractivity contribution in [1.82, 2.24) is 4.31 Å². The molecule has 0 radical (unpaired) electrons. The van der Waals surface area contributed by atoms with Crippen molar-refractivity contribution in [2.45, 2.75) is 22.5 Å². The molecular weight excluding hydrogens is 383 g/mol. The maximum Gasteiger partial charge on any atom is 0.416 e. The number of sulfonamides is 1. The summed E-state index contributed by atoms with van der Waals surface area (Å²) < 4.78 is 64.8. The molecule has 0 saturated carbocycles. The van der Waals surface area contributed by atoms with Crippen LogP contribution in [0.4, 0.5) is 13.2 Å². The zero-order chi connectivity index (χ0) is 18.8. The minimum atomic E-state index is -4.71. The van der Waals surface area contributed by atoms with E-state index in [-0.39, 0.29) is 4.90 Å². The Labute approximate surface area is 147 Å². The van der Waals surface area contributed by atoms with Crippen molar-refractivity contribution in [1.29, 1.82) is 0 Å². The van der Waals surface area contributed by atoms with E-state index in [1.54, 1.807) is 6.07 Å². The molecule has 1 N–H and O–H groups in total. The van der Waals surface area contributed by atoms with Crippen molar-refractivity contribution < 1.29 is 31.5 Å². The predicted molar refractivity (Wildman–Crippen MR) is 84.7 cm³/mol. The highest BCUT2D eigenvalue weighted by atomic mass is 35.5. The van der Waals surface area contributed by atoms with E-state index in [0.717, 1.165) is 12.2 Å². The van der Waals surface area contributed by atoms with Gasteiger partial charge in [-0.15, -0.1) is 11.6 Å². The fraction of sp³-hybridized carbons (Fsp3) is 0.267. The van der Waals surface area contributed by atoms with E-state index in [9.17, 15) is 26.4 Å². The summed E-state index contributed by atoms with van der Waals surface area (Å²) in [5.74, 6) is -1.51. The molecule has 1 aliphatic rings. The smallest absolute Gasteiger partial charge is 0.416 e. The predicted octanol–water partition coefficient (Wildman–Crippen LogP) is 2.80. The number of halogens is 4. The minimum absolute atomic E-state index is 0.239. The number of carbonyl (C=O) groups is 1. The molecule has 2 rings (SSSR count). The van der Waals surface area contributed by atoms with Crippen LogP contribution in [0.2, 0.25) is 0 Å². The van der Waals surface area contributed by atoms with E-state index in [1.807, 2.05) is 0 Å². The number of allylic oxidation sites excluding steroid dienone is 2. The highest BCUT2D eigenvalue weighted by Crippen LogP contribution is 2.33. The molecule has 0 fully saturated rings. The zero-order valence-electron chi connectivity index (χ0n) is 12.5. The van der Waals surface area contributed by atoms with E-state index in [4.69, 9.17) is 16.7 Å². The Kier molecular flexibility index (Phi) is 5.60. The standard InChI is InChI=1S/C15H13ClF3NO4S/c16-12-7-6-10(15(17,18)19)8-13(12)20(9-14(21)22)25(23,24)11-4-2-1-3-5-11/h1-8,12-13H,9H2,(H,21,22). The maximum atomic E-state index is 12.9. The Balaban J connectivity index is 2.52. The molecule has 2 unspecified atom stereocenters. The monoisotopic (exact) mass is 395 g/mol. The van der Waals surface area contributed by atoms with Gasteiger partial charge in [0, 0.05) is 0 Å². The van der Waals surface area contributed by atoms with Gasteiger partial charge >= 0.3 is 12.1 Å². The van der Waals surface area contributed by atoms with Crippen LogP contribution in [0.5, 0.6) is 0 Å². The van der Waals surface area contributed by atoms with Crippen LogP contribution in [0.3, 0.4) is 0 Å². The molecule has 1 aliphatic carbocycles.